The van der Waals surface area contributed by atoms with Crippen molar-refractivity contribution < 1.29 is 19.0 Å². The Labute approximate surface area is 220 Å². The van der Waals surface area contributed by atoms with Crippen molar-refractivity contribution in [1.82, 2.24) is 14.8 Å². The van der Waals surface area contributed by atoms with E-state index in [1.807, 2.05) is 35.0 Å². The Morgan fingerprint density at radius 3 is 2.61 bits per heavy atom. The number of para-hydroxylation sites is 1. The van der Waals surface area contributed by atoms with Crippen molar-refractivity contribution in [3.05, 3.63) is 84.2 Å². The number of ether oxygens (including phenoxy) is 3. The predicted octanol–water partition coefficient (Wildman–Crippen LogP) is 5.16. The number of carbonyl (C=O) groups excluding carboxylic acids is 1. The number of hydrogen-bond donors (Lipinski definition) is 1. The van der Waals surface area contributed by atoms with Gasteiger partial charge in [0, 0.05) is 29.6 Å². The fraction of sp³-hybridized carbons (Fsp3) is 0.233. The Balaban J connectivity index is 1.49. The van der Waals surface area contributed by atoms with Crippen LogP contribution in [0.5, 0.6) is 5.75 Å². The molecule has 0 atom stereocenters. The number of hydrogen-bond acceptors (Lipinski definition) is 7. The van der Waals surface area contributed by atoms with Gasteiger partial charge in [0.05, 0.1) is 31.7 Å². The summed E-state index contributed by atoms with van der Waals surface area (Å²) in [6.07, 6.45) is 1.87. The van der Waals surface area contributed by atoms with E-state index in [0.717, 1.165) is 44.1 Å². The van der Waals surface area contributed by atoms with E-state index >= 15 is 0 Å². The van der Waals surface area contributed by atoms with Gasteiger partial charge < -0.3 is 19.9 Å². The van der Waals surface area contributed by atoms with Gasteiger partial charge in [-0.3, -0.25) is 9.48 Å². The Kier molecular flexibility index (Phi) is 7.51. The molecule has 2 heterocycles. The smallest absolute Gasteiger partial charge is 0.310 e. The van der Waals surface area contributed by atoms with Crippen LogP contribution in [0.2, 0.25) is 0 Å². The maximum atomic E-state index is 12.1. The molecule has 2 aromatic heterocycles. The molecule has 0 spiro atoms. The van der Waals surface area contributed by atoms with E-state index in [0.29, 0.717) is 31.3 Å². The summed E-state index contributed by atoms with van der Waals surface area (Å²) in [5.74, 6) is 0.857. The highest BCUT2D eigenvalue weighted by atomic mass is 16.5. The van der Waals surface area contributed by atoms with E-state index in [-0.39, 0.29) is 19.0 Å². The minimum absolute atomic E-state index is 0.150. The maximum Gasteiger partial charge on any atom is 0.310 e. The molecular formula is C30H30N4O4. The summed E-state index contributed by atoms with van der Waals surface area (Å²) in [6.45, 7) is 3.54. The summed E-state index contributed by atoms with van der Waals surface area (Å²) in [5.41, 5.74) is 10.8. The minimum atomic E-state index is -0.284. The number of nitrogens with two attached hydrogens (primary N) is 1. The third-order valence-electron chi connectivity index (χ3n) is 6.44. The van der Waals surface area contributed by atoms with Crippen LogP contribution >= 0.6 is 0 Å². The zero-order valence-electron chi connectivity index (χ0n) is 21.5. The van der Waals surface area contributed by atoms with Gasteiger partial charge in [0.25, 0.3) is 0 Å². The zero-order chi connectivity index (χ0) is 26.5. The molecule has 8 heteroatoms. The second-order valence-electron chi connectivity index (χ2n) is 8.90. The van der Waals surface area contributed by atoms with Gasteiger partial charge in [-0.05, 0) is 53.8 Å². The minimum Gasteiger partial charge on any atom is -0.487 e. The molecular weight excluding hydrogens is 480 g/mol. The second-order valence-corrected chi connectivity index (χ2v) is 8.90. The van der Waals surface area contributed by atoms with Crippen molar-refractivity contribution in [2.24, 2.45) is 0 Å². The van der Waals surface area contributed by atoms with Crippen LogP contribution in [-0.4, -0.2) is 41.1 Å². The third kappa shape index (κ3) is 5.31. The number of carbonyl (C=O) groups is 1. The molecule has 194 valence electrons. The molecule has 0 bridgehead atoms. The highest BCUT2D eigenvalue weighted by molar-refractivity contribution is 5.95. The highest BCUT2D eigenvalue weighted by Crippen LogP contribution is 2.31. The van der Waals surface area contributed by atoms with E-state index in [4.69, 9.17) is 25.0 Å². The van der Waals surface area contributed by atoms with E-state index in [1.54, 1.807) is 20.2 Å². The number of anilines is 1. The lowest BCUT2D eigenvalue weighted by Crippen LogP contribution is -2.09. The van der Waals surface area contributed by atoms with E-state index in [1.165, 1.54) is 0 Å². The number of esters is 1. The summed E-state index contributed by atoms with van der Waals surface area (Å²) >= 11 is 0. The first kappa shape index (κ1) is 25.2. The Morgan fingerprint density at radius 2 is 1.79 bits per heavy atom. The first-order valence-electron chi connectivity index (χ1n) is 12.6. The standard InChI is InChI=1S/C30H30N4O4/c1-3-37-29(35)18-23-6-4-5-7-28(23)38-19-26-25-17-22(10-11-27(25)34(33-26)14-15-36-2)21-9-8-20-12-13-32-30(31)24(20)16-21/h4-13,16-17H,3,14-15,18-19H2,1-2H3,(H2,31,32). The van der Waals surface area contributed by atoms with Crippen molar-refractivity contribution >= 4 is 33.5 Å². The van der Waals surface area contributed by atoms with Crippen LogP contribution < -0.4 is 10.5 Å². The number of fused-ring (bicyclic) bond motifs is 2. The quantitative estimate of drug-likeness (QED) is 0.259. The maximum absolute atomic E-state index is 12.1. The monoisotopic (exact) mass is 510 g/mol. The van der Waals surface area contributed by atoms with Gasteiger partial charge in [-0.25, -0.2) is 4.98 Å². The number of nitrogen functional groups attached to an aromatic ring is 1. The van der Waals surface area contributed by atoms with Gasteiger partial charge in [-0.1, -0.05) is 36.4 Å². The third-order valence-corrected chi connectivity index (χ3v) is 6.44. The number of pyridine rings is 1. The number of benzene rings is 3. The molecule has 0 aliphatic heterocycles. The largest absolute Gasteiger partial charge is 0.487 e. The number of nitrogens with zero attached hydrogens (tertiary/aromatic N) is 3. The molecule has 38 heavy (non-hydrogen) atoms. The second kappa shape index (κ2) is 11.3. The molecule has 2 N–H and O–H groups in total. The summed E-state index contributed by atoms with van der Waals surface area (Å²) in [6, 6.07) is 21.9. The molecule has 0 saturated carbocycles. The van der Waals surface area contributed by atoms with E-state index < -0.39 is 0 Å². The molecule has 0 amide bonds. The van der Waals surface area contributed by atoms with Crippen LogP contribution in [-0.2, 0) is 33.8 Å². The van der Waals surface area contributed by atoms with Gasteiger partial charge >= 0.3 is 5.97 Å². The van der Waals surface area contributed by atoms with Crippen molar-refractivity contribution in [3.8, 4) is 16.9 Å². The van der Waals surface area contributed by atoms with Gasteiger partial charge in [0.15, 0.2) is 0 Å². The average molecular weight is 511 g/mol. The van der Waals surface area contributed by atoms with Gasteiger partial charge in [0.1, 0.15) is 23.9 Å². The lowest BCUT2D eigenvalue weighted by molar-refractivity contribution is -0.142. The van der Waals surface area contributed by atoms with Gasteiger partial charge in [-0.2, -0.15) is 5.10 Å². The molecule has 0 fully saturated rings. The molecule has 0 aliphatic carbocycles. The molecule has 0 aliphatic rings. The lowest BCUT2D eigenvalue weighted by Gasteiger charge is -2.10. The van der Waals surface area contributed by atoms with Crippen LogP contribution in [0.3, 0.4) is 0 Å². The Bertz CT molecular complexity index is 1590. The SMILES string of the molecule is CCOC(=O)Cc1ccccc1OCc1nn(CCOC)c2ccc(-c3ccc4ccnc(N)c4c3)cc12. The predicted molar refractivity (Wildman–Crippen MR) is 148 cm³/mol. The topological polar surface area (TPSA) is 101 Å². The highest BCUT2D eigenvalue weighted by Gasteiger charge is 2.15. The Hall–Kier alpha value is -4.43. The summed E-state index contributed by atoms with van der Waals surface area (Å²) in [5, 5.41) is 7.80. The van der Waals surface area contributed by atoms with Crippen molar-refractivity contribution in [1.29, 1.82) is 0 Å². The van der Waals surface area contributed by atoms with Crippen LogP contribution in [0.4, 0.5) is 5.82 Å². The van der Waals surface area contributed by atoms with Crippen molar-refractivity contribution in [3.63, 3.8) is 0 Å². The fourth-order valence-electron chi connectivity index (χ4n) is 4.55. The number of rotatable bonds is 10. The van der Waals surface area contributed by atoms with Crippen molar-refractivity contribution in [2.45, 2.75) is 26.5 Å². The molecule has 0 unspecified atom stereocenters. The van der Waals surface area contributed by atoms with Crippen molar-refractivity contribution in [2.75, 3.05) is 26.1 Å². The van der Waals surface area contributed by atoms with Gasteiger partial charge in [-0.15, -0.1) is 0 Å². The van der Waals surface area contributed by atoms with E-state index in [2.05, 4.69) is 41.4 Å². The van der Waals surface area contributed by atoms with Crippen LogP contribution in [0.25, 0.3) is 32.8 Å². The molecule has 5 aromatic rings. The molecule has 8 nitrogen and oxygen atoms in total. The van der Waals surface area contributed by atoms with E-state index in [9.17, 15) is 4.79 Å². The lowest BCUT2D eigenvalue weighted by atomic mass is 10.00. The normalized spacial score (nSPS) is 11.2. The molecule has 0 radical (unpaired) electrons. The fourth-order valence-corrected chi connectivity index (χ4v) is 4.55. The molecule has 5 rings (SSSR count). The number of aromatic nitrogens is 3. The Morgan fingerprint density at radius 1 is 1.00 bits per heavy atom. The van der Waals surface area contributed by atoms with Crippen LogP contribution in [0.15, 0.2) is 72.9 Å². The van der Waals surface area contributed by atoms with Crippen LogP contribution in [0, 0.1) is 0 Å². The summed E-state index contributed by atoms with van der Waals surface area (Å²) in [7, 11) is 1.68. The average Bonchev–Trinajstić information content (AvgIpc) is 3.28. The first-order chi connectivity index (χ1) is 18.6. The zero-order valence-corrected chi connectivity index (χ0v) is 21.5. The summed E-state index contributed by atoms with van der Waals surface area (Å²) < 4.78 is 18.6. The first-order valence-corrected chi connectivity index (χ1v) is 12.6. The molecule has 0 saturated heterocycles. The molecule has 3 aromatic carbocycles. The van der Waals surface area contributed by atoms with Gasteiger partial charge in [0.2, 0.25) is 0 Å². The summed E-state index contributed by atoms with van der Waals surface area (Å²) in [4.78, 5) is 16.3. The number of methoxy groups -OCH3 is 1. The van der Waals surface area contributed by atoms with Crippen LogP contribution in [0.1, 0.15) is 18.2 Å².